The third-order valence-electron chi connectivity index (χ3n) is 3.19. The maximum Gasteiger partial charge on any atom is -0.00931 e. The summed E-state index contributed by atoms with van der Waals surface area (Å²) in [6.07, 6.45) is 3.96. The Morgan fingerprint density at radius 3 is 1.82 bits per heavy atom. The molecule has 0 aromatic heterocycles. The van der Waals surface area contributed by atoms with E-state index >= 15 is 0 Å². The second kappa shape index (κ2) is 2.10. The Balaban J connectivity index is 2.38. The van der Waals surface area contributed by atoms with Crippen molar-refractivity contribution in [2.75, 3.05) is 0 Å². The summed E-state index contributed by atoms with van der Waals surface area (Å²) in [6.45, 7) is 12.1. The first-order valence-corrected chi connectivity index (χ1v) is 4.29. The molecule has 0 aromatic rings. The molecule has 0 N–H and O–H groups in total. The molecular weight excluding hydrogens is 132 g/mol. The molecule has 0 saturated heterocycles. The molecule has 0 spiro atoms. The Morgan fingerprint density at radius 2 is 1.36 bits per heavy atom. The maximum atomic E-state index is 4.07. The van der Waals surface area contributed by atoms with E-state index in [2.05, 4.69) is 19.7 Å². The van der Waals surface area contributed by atoms with Crippen molar-refractivity contribution in [3.63, 3.8) is 0 Å². The minimum absolute atomic E-state index is 0.704. The van der Waals surface area contributed by atoms with E-state index in [4.69, 9.17) is 0 Å². The molecule has 58 valence electrons. The molecule has 0 nitrogen and oxygen atoms in total. The van der Waals surface area contributed by atoms with Gasteiger partial charge in [-0.05, 0) is 41.4 Å². The summed E-state index contributed by atoms with van der Waals surface area (Å²) in [5.41, 5.74) is 3.66. The molecule has 11 heavy (non-hydrogen) atoms. The van der Waals surface area contributed by atoms with Gasteiger partial charge < -0.3 is 0 Å². The summed E-state index contributed by atoms with van der Waals surface area (Å²) in [6, 6.07) is 0. The lowest BCUT2D eigenvalue weighted by molar-refractivity contribution is 0.560. The van der Waals surface area contributed by atoms with Crippen LogP contribution in [0.5, 0.6) is 0 Å². The van der Waals surface area contributed by atoms with E-state index in [0.29, 0.717) is 11.8 Å². The van der Waals surface area contributed by atoms with Crippen LogP contribution in [0, 0.1) is 11.8 Å². The predicted octanol–water partition coefficient (Wildman–Crippen LogP) is 3.08. The van der Waals surface area contributed by atoms with Gasteiger partial charge in [-0.1, -0.05) is 26.2 Å². The lowest BCUT2D eigenvalue weighted by atomic mass is 9.97. The van der Waals surface area contributed by atoms with E-state index in [1.165, 1.54) is 30.4 Å². The summed E-state index contributed by atoms with van der Waals surface area (Å²) in [5.74, 6) is 1.41. The Hall–Kier alpha value is -0.780. The second-order valence-corrected chi connectivity index (χ2v) is 3.67. The van der Waals surface area contributed by atoms with E-state index in [-0.39, 0.29) is 0 Å². The molecule has 0 aliphatic heterocycles. The van der Waals surface area contributed by atoms with Gasteiger partial charge in [0.15, 0.2) is 0 Å². The summed E-state index contributed by atoms with van der Waals surface area (Å²) < 4.78 is 0. The van der Waals surface area contributed by atoms with Crippen molar-refractivity contribution >= 4 is 0 Å². The van der Waals surface area contributed by atoms with Crippen molar-refractivity contribution < 1.29 is 0 Å². The first-order valence-electron chi connectivity index (χ1n) is 4.29. The topological polar surface area (TPSA) is 0 Å². The molecule has 2 rings (SSSR count). The molecular formula is C11H14. The Labute approximate surface area is 68.3 Å². The monoisotopic (exact) mass is 146 g/mol. The molecule has 0 heteroatoms. The highest BCUT2D eigenvalue weighted by atomic mass is 14.4. The molecule has 0 bridgehead atoms. The standard InChI is InChI=1S/C11H14/c1-7-8(2)10-5-4-6-11(10)9(7)3/h10-11H,1-6H2. The fraction of sp³-hybridized carbons (Fsp3) is 0.455. The molecule has 2 saturated carbocycles. The zero-order chi connectivity index (χ0) is 8.01. The van der Waals surface area contributed by atoms with Crippen LogP contribution in [0.15, 0.2) is 36.5 Å². The number of hydrogen-bond donors (Lipinski definition) is 0. The molecule has 2 fully saturated rings. The van der Waals surface area contributed by atoms with Gasteiger partial charge in [0.05, 0.1) is 0 Å². The van der Waals surface area contributed by atoms with E-state index in [0.717, 1.165) is 5.57 Å². The Bertz CT molecular complexity index is 221. The normalized spacial score (nSPS) is 36.5. The van der Waals surface area contributed by atoms with Crippen LogP contribution in [0.3, 0.4) is 0 Å². The highest BCUT2D eigenvalue weighted by Gasteiger charge is 2.38. The molecule has 2 unspecified atom stereocenters. The van der Waals surface area contributed by atoms with Crippen LogP contribution in [0.1, 0.15) is 19.3 Å². The van der Waals surface area contributed by atoms with Crippen molar-refractivity contribution in [2.45, 2.75) is 19.3 Å². The smallest absolute Gasteiger partial charge is 0.00931 e. The average molecular weight is 146 g/mol. The Morgan fingerprint density at radius 1 is 0.909 bits per heavy atom. The van der Waals surface area contributed by atoms with Crippen LogP contribution in [-0.2, 0) is 0 Å². The number of fused-ring (bicyclic) bond motifs is 1. The average Bonchev–Trinajstić information content (AvgIpc) is 2.53. The summed E-state index contributed by atoms with van der Waals surface area (Å²) in [7, 11) is 0. The van der Waals surface area contributed by atoms with Crippen LogP contribution >= 0.6 is 0 Å². The van der Waals surface area contributed by atoms with E-state index in [9.17, 15) is 0 Å². The van der Waals surface area contributed by atoms with Gasteiger partial charge in [0.1, 0.15) is 0 Å². The molecule has 0 radical (unpaired) electrons. The number of rotatable bonds is 0. The van der Waals surface area contributed by atoms with Crippen LogP contribution in [0.4, 0.5) is 0 Å². The van der Waals surface area contributed by atoms with Crippen LogP contribution in [-0.4, -0.2) is 0 Å². The van der Waals surface area contributed by atoms with Crippen molar-refractivity contribution in [1.29, 1.82) is 0 Å². The predicted molar refractivity (Wildman–Crippen MR) is 48.3 cm³/mol. The SMILES string of the molecule is C=C1C(=C)C2CCCC2C1=C. The second-order valence-electron chi connectivity index (χ2n) is 3.67. The fourth-order valence-corrected chi connectivity index (χ4v) is 2.45. The first kappa shape index (κ1) is 6.90. The summed E-state index contributed by atoms with van der Waals surface area (Å²) >= 11 is 0. The van der Waals surface area contributed by atoms with Gasteiger partial charge in [-0.2, -0.15) is 0 Å². The third-order valence-corrected chi connectivity index (χ3v) is 3.19. The molecule has 0 heterocycles. The zero-order valence-corrected chi connectivity index (χ0v) is 6.90. The van der Waals surface area contributed by atoms with Crippen LogP contribution in [0.25, 0.3) is 0 Å². The molecule has 2 aliphatic carbocycles. The van der Waals surface area contributed by atoms with Crippen molar-refractivity contribution in [1.82, 2.24) is 0 Å². The largest absolute Gasteiger partial charge is 0.0949 e. The zero-order valence-electron chi connectivity index (χ0n) is 6.90. The number of hydrogen-bond acceptors (Lipinski definition) is 0. The molecule has 0 amide bonds. The van der Waals surface area contributed by atoms with Gasteiger partial charge in [0, 0.05) is 0 Å². The van der Waals surface area contributed by atoms with Crippen LogP contribution in [0.2, 0.25) is 0 Å². The Kier molecular flexibility index (Phi) is 1.32. The minimum Gasteiger partial charge on any atom is -0.0949 e. The maximum absolute atomic E-state index is 4.07. The third kappa shape index (κ3) is 0.756. The van der Waals surface area contributed by atoms with Gasteiger partial charge in [-0.15, -0.1) is 0 Å². The van der Waals surface area contributed by atoms with Crippen molar-refractivity contribution in [2.24, 2.45) is 11.8 Å². The lowest BCUT2D eigenvalue weighted by Crippen LogP contribution is -1.99. The molecule has 0 aromatic carbocycles. The van der Waals surface area contributed by atoms with Crippen LogP contribution < -0.4 is 0 Å². The van der Waals surface area contributed by atoms with Gasteiger partial charge in [-0.3, -0.25) is 0 Å². The van der Waals surface area contributed by atoms with E-state index < -0.39 is 0 Å². The highest BCUT2D eigenvalue weighted by Crippen LogP contribution is 2.51. The van der Waals surface area contributed by atoms with Gasteiger partial charge in [-0.25, -0.2) is 0 Å². The quantitative estimate of drug-likeness (QED) is 0.492. The van der Waals surface area contributed by atoms with E-state index in [1.807, 2.05) is 0 Å². The molecule has 2 aliphatic rings. The fourth-order valence-electron chi connectivity index (χ4n) is 2.45. The van der Waals surface area contributed by atoms with Gasteiger partial charge in [0.25, 0.3) is 0 Å². The summed E-state index contributed by atoms with van der Waals surface area (Å²) in [4.78, 5) is 0. The van der Waals surface area contributed by atoms with Gasteiger partial charge in [0.2, 0.25) is 0 Å². The minimum atomic E-state index is 0.704. The summed E-state index contributed by atoms with van der Waals surface area (Å²) in [5, 5.41) is 0. The van der Waals surface area contributed by atoms with Gasteiger partial charge >= 0.3 is 0 Å². The van der Waals surface area contributed by atoms with E-state index in [1.54, 1.807) is 0 Å². The highest BCUT2D eigenvalue weighted by molar-refractivity contribution is 5.52. The van der Waals surface area contributed by atoms with Crippen molar-refractivity contribution in [3.8, 4) is 0 Å². The van der Waals surface area contributed by atoms with Crippen molar-refractivity contribution in [3.05, 3.63) is 36.5 Å². The lowest BCUT2D eigenvalue weighted by Gasteiger charge is -2.07. The number of allylic oxidation sites excluding steroid dienone is 3. The first-order chi connectivity index (χ1) is 5.22. The molecule has 2 atom stereocenters.